The molecule has 4 N–H and O–H groups in total. The van der Waals surface area contributed by atoms with E-state index in [0.717, 1.165) is 5.56 Å². The predicted molar refractivity (Wildman–Crippen MR) is 108 cm³/mol. The Morgan fingerprint density at radius 1 is 1.25 bits per heavy atom. The number of nitrogens with two attached hydrogens (primary N) is 1. The second kappa shape index (κ2) is 6.86. The normalized spacial score (nSPS) is 11.0. The summed E-state index contributed by atoms with van der Waals surface area (Å²) in [6, 6.07) is 11.8. The highest BCUT2D eigenvalue weighted by atomic mass is 35.5. The number of carbonyl (C=O) groups is 1. The molecular weight excluding hydrogens is 380 g/mol. The number of fused-ring (bicyclic) bond motifs is 1. The molecule has 8 heteroatoms. The molecule has 3 aromatic heterocycles. The number of pyridine rings is 2. The van der Waals surface area contributed by atoms with Crippen molar-refractivity contribution >= 4 is 34.3 Å². The van der Waals surface area contributed by atoms with Crippen molar-refractivity contribution in [2.45, 2.75) is 6.54 Å². The first kappa shape index (κ1) is 17.8. The van der Waals surface area contributed by atoms with Gasteiger partial charge in [-0.2, -0.15) is 0 Å². The van der Waals surface area contributed by atoms with Gasteiger partial charge < -0.3 is 20.4 Å². The first-order valence-corrected chi connectivity index (χ1v) is 8.77. The van der Waals surface area contributed by atoms with Gasteiger partial charge >= 0.3 is 5.97 Å². The fourth-order valence-corrected chi connectivity index (χ4v) is 3.55. The maximum Gasteiger partial charge on any atom is 0.353 e. The van der Waals surface area contributed by atoms with Crippen molar-refractivity contribution in [3.8, 4) is 11.1 Å². The van der Waals surface area contributed by atoms with Crippen molar-refractivity contribution in [1.82, 2.24) is 14.5 Å². The van der Waals surface area contributed by atoms with Gasteiger partial charge in [0.25, 0.3) is 5.56 Å². The number of rotatable bonds is 4. The molecule has 28 heavy (non-hydrogen) atoms. The molecule has 0 radical (unpaired) electrons. The molecule has 0 amide bonds. The topological polar surface area (TPSA) is 114 Å². The quantitative estimate of drug-likeness (QED) is 0.491. The van der Waals surface area contributed by atoms with E-state index in [1.165, 1.54) is 6.20 Å². The average Bonchev–Trinajstić information content (AvgIpc) is 2.95. The summed E-state index contributed by atoms with van der Waals surface area (Å²) in [7, 11) is 0. The summed E-state index contributed by atoms with van der Waals surface area (Å²) >= 11 is 6.17. The van der Waals surface area contributed by atoms with Crippen molar-refractivity contribution < 1.29 is 9.90 Å². The molecule has 4 aromatic rings. The van der Waals surface area contributed by atoms with E-state index in [2.05, 4.69) is 9.97 Å². The van der Waals surface area contributed by atoms with Crippen LogP contribution in [0.15, 0.2) is 59.7 Å². The number of anilines is 1. The predicted octanol–water partition coefficient (Wildman–Crippen LogP) is 3.37. The molecule has 1 aromatic carbocycles. The first-order valence-electron chi connectivity index (χ1n) is 8.39. The lowest BCUT2D eigenvalue weighted by Gasteiger charge is -2.10. The van der Waals surface area contributed by atoms with E-state index in [1.54, 1.807) is 53.2 Å². The number of hydrogen-bond acceptors (Lipinski definition) is 4. The van der Waals surface area contributed by atoms with Crippen LogP contribution in [0.5, 0.6) is 0 Å². The van der Waals surface area contributed by atoms with Crippen LogP contribution in [0.25, 0.3) is 22.0 Å². The van der Waals surface area contributed by atoms with E-state index in [9.17, 15) is 14.7 Å². The lowest BCUT2D eigenvalue weighted by molar-refractivity contribution is 0.0687. The Kier molecular flexibility index (Phi) is 4.37. The summed E-state index contributed by atoms with van der Waals surface area (Å²) in [5.74, 6) is -0.804. The summed E-state index contributed by atoms with van der Waals surface area (Å²) in [5.41, 5.74) is 7.41. The van der Waals surface area contributed by atoms with Crippen LogP contribution >= 0.6 is 11.6 Å². The molecule has 0 aliphatic rings. The van der Waals surface area contributed by atoms with Crippen molar-refractivity contribution in [2.24, 2.45) is 0 Å². The van der Waals surface area contributed by atoms with Crippen LogP contribution in [0.1, 0.15) is 16.1 Å². The summed E-state index contributed by atoms with van der Waals surface area (Å²) in [6.45, 7) is 0.247. The van der Waals surface area contributed by atoms with E-state index in [1.807, 2.05) is 0 Å². The molecule has 0 spiro atoms. The first-order chi connectivity index (χ1) is 13.5. The molecule has 0 aliphatic carbocycles. The van der Waals surface area contributed by atoms with Crippen LogP contribution in [-0.2, 0) is 6.54 Å². The fourth-order valence-electron chi connectivity index (χ4n) is 3.38. The smallest absolute Gasteiger partial charge is 0.353 e. The summed E-state index contributed by atoms with van der Waals surface area (Å²) in [5, 5.41) is 11.0. The molecule has 0 atom stereocenters. The van der Waals surface area contributed by atoms with E-state index in [0.29, 0.717) is 27.3 Å². The number of aromatic carboxylic acids is 1. The molecule has 140 valence electrons. The van der Waals surface area contributed by atoms with Crippen molar-refractivity contribution in [2.75, 3.05) is 5.73 Å². The number of nitrogen functional groups attached to an aromatic ring is 1. The zero-order valence-electron chi connectivity index (χ0n) is 14.5. The second-order valence-electron chi connectivity index (χ2n) is 6.28. The van der Waals surface area contributed by atoms with Gasteiger partial charge in [-0.3, -0.25) is 4.79 Å². The molecule has 0 aliphatic heterocycles. The monoisotopic (exact) mass is 394 g/mol. The standard InChI is InChI=1S/C20H15ClN4O3/c21-12-3-4-15-14(9-12)17(13-2-1-6-24-19(13)26)18(20(27)28)25(15)10-11-5-7-23-16(22)8-11/h1-9H,10H2,(H2,22,23)(H,24,26)(H,27,28). The van der Waals surface area contributed by atoms with E-state index >= 15 is 0 Å². The van der Waals surface area contributed by atoms with E-state index in [-0.39, 0.29) is 23.4 Å². The molecule has 0 fully saturated rings. The van der Waals surface area contributed by atoms with Crippen molar-refractivity contribution in [1.29, 1.82) is 0 Å². The number of benzene rings is 1. The number of halogens is 1. The van der Waals surface area contributed by atoms with E-state index < -0.39 is 5.97 Å². The fraction of sp³-hybridized carbons (Fsp3) is 0.0500. The molecule has 4 rings (SSSR count). The Hall–Kier alpha value is -3.58. The number of carboxylic acid groups (broad SMARTS) is 1. The minimum atomic E-state index is -1.15. The van der Waals surface area contributed by atoms with Crippen LogP contribution in [0.4, 0.5) is 5.82 Å². The Bertz CT molecular complexity index is 1280. The highest BCUT2D eigenvalue weighted by molar-refractivity contribution is 6.31. The van der Waals surface area contributed by atoms with Crippen molar-refractivity contribution in [3.05, 3.63) is 81.5 Å². The molecule has 3 heterocycles. The zero-order valence-corrected chi connectivity index (χ0v) is 15.3. The Labute approximate surface area is 164 Å². The lowest BCUT2D eigenvalue weighted by Crippen LogP contribution is -2.13. The van der Waals surface area contributed by atoms with Crippen LogP contribution in [-0.4, -0.2) is 25.6 Å². The molecule has 0 saturated heterocycles. The maximum atomic E-state index is 12.4. The summed E-state index contributed by atoms with van der Waals surface area (Å²) in [4.78, 5) is 31.2. The highest BCUT2D eigenvalue weighted by Crippen LogP contribution is 2.35. The van der Waals surface area contributed by atoms with Gasteiger partial charge in [-0.15, -0.1) is 0 Å². The summed E-state index contributed by atoms with van der Waals surface area (Å²) in [6.07, 6.45) is 3.06. The van der Waals surface area contributed by atoms with Crippen molar-refractivity contribution in [3.63, 3.8) is 0 Å². The maximum absolute atomic E-state index is 12.4. The second-order valence-corrected chi connectivity index (χ2v) is 6.71. The minimum Gasteiger partial charge on any atom is -0.477 e. The minimum absolute atomic E-state index is 0.00403. The summed E-state index contributed by atoms with van der Waals surface area (Å²) < 4.78 is 1.64. The van der Waals surface area contributed by atoms with Gasteiger partial charge in [0.2, 0.25) is 0 Å². The van der Waals surface area contributed by atoms with Gasteiger partial charge in [-0.1, -0.05) is 11.6 Å². The van der Waals surface area contributed by atoms with Crippen LogP contribution in [0.3, 0.4) is 0 Å². The van der Waals surface area contributed by atoms with Crippen LogP contribution < -0.4 is 11.3 Å². The Morgan fingerprint density at radius 3 is 2.79 bits per heavy atom. The van der Waals surface area contributed by atoms with Gasteiger partial charge in [0, 0.05) is 46.0 Å². The van der Waals surface area contributed by atoms with Crippen LogP contribution in [0, 0.1) is 0 Å². The molecule has 7 nitrogen and oxygen atoms in total. The van der Waals surface area contributed by atoms with Crippen LogP contribution in [0.2, 0.25) is 5.02 Å². The highest BCUT2D eigenvalue weighted by Gasteiger charge is 2.25. The van der Waals surface area contributed by atoms with Gasteiger partial charge in [0.15, 0.2) is 0 Å². The van der Waals surface area contributed by atoms with Gasteiger partial charge in [0.1, 0.15) is 11.5 Å². The number of nitrogens with one attached hydrogen (secondary N) is 1. The number of aromatic amines is 1. The average molecular weight is 395 g/mol. The zero-order chi connectivity index (χ0) is 19.8. The number of H-pyrrole nitrogens is 1. The lowest BCUT2D eigenvalue weighted by atomic mass is 10.0. The van der Waals surface area contributed by atoms with E-state index in [4.69, 9.17) is 17.3 Å². The number of hydrogen-bond donors (Lipinski definition) is 3. The SMILES string of the molecule is Nc1cc(Cn2c(C(=O)O)c(-c3ccc[nH]c3=O)c3cc(Cl)ccc32)ccn1. The third kappa shape index (κ3) is 3.01. The van der Waals surface area contributed by atoms with Gasteiger partial charge in [-0.05, 0) is 48.0 Å². The van der Waals surface area contributed by atoms with Gasteiger partial charge in [0.05, 0.1) is 0 Å². The number of carboxylic acids is 1. The molecule has 0 bridgehead atoms. The molecule has 0 saturated carbocycles. The molecular formula is C20H15ClN4O3. The third-order valence-corrected chi connectivity index (χ3v) is 4.74. The number of nitrogens with zero attached hydrogens (tertiary/aromatic N) is 2. The van der Waals surface area contributed by atoms with Gasteiger partial charge in [-0.25, -0.2) is 9.78 Å². The Balaban J connectivity index is 2.07. The Morgan fingerprint density at radius 2 is 2.07 bits per heavy atom. The largest absolute Gasteiger partial charge is 0.477 e. The number of aromatic nitrogens is 3. The molecule has 0 unspecified atom stereocenters. The third-order valence-electron chi connectivity index (χ3n) is 4.50.